The van der Waals surface area contributed by atoms with Crippen molar-refractivity contribution >= 4 is 127 Å². The van der Waals surface area contributed by atoms with Crippen LogP contribution in [-0.4, -0.2) is 29.4 Å². The summed E-state index contributed by atoms with van der Waals surface area (Å²) >= 11 is 0. The van der Waals surface area contributed by atoms with Gasteiger partial charge in [-0.15, -0.1) is 53.6 Å². The number of aromatic nitrogens is 1. The molecule has 1 aliphatic heterocycles. The van der Waals surface area contributed by atoms with Crippen molar-refractivity contribution in [3.63, 3.8) is 0 Å². The van der Waals surface area contributed by atoms with Crippen LogP contribution in [0.15, 0.2) is 10.9 Å². The second-order valence-electron chi connectivity index (χ2n) is 6.70. The first-order valence-electron chi connectivity index (χ1n) is 9.00. The fraction of sp³-hybridized carbons (Fsp3) is 0.400. The van der Waals surface area contributed by atoms with E-state index in [0.717, 1.165) is 0 Å². The van der Waals surface area contributed by atoms with Crippen molar-refractivity contribution in [2.24, 2.45) is 0 Å². The zero-order chi connectivity index (χ0) is 28.6. The first kappa shape index (κ1) is 36.1. The van der Waals surface area contributed by atoms with E-state index in [4.69, 9.17) is 4.52 Å². The van der Waals surface area contributed by atoms with Crippen molar-refractivity contribution in [2.75, 3.05) is 0 Å². The van der Waals surface area contributed by atoms with Gasteiger partial charge in [0.2, 0.25) is 5.75 Å². The van der Waals surface area contributed by atoms with E-state index in [9.17, 15) is 41.3 Å². The number of hydrogen-bond donors (Lipinski definition) is 0. The minimum absolute atomic E-state index is 0.0934. The average Bonchev–Trinajstić information content (AvgIpc) is 3.18. The average molecular weight is 788 g/mol. The molecule has 2 rings (SSSR count). The number of halogens is 3. The maximum absolute atomic E-state index is 13.4. The normalized spacial score (nSPS) is 17.8. The molecule has 1 aromatic rings. The summed E-state index contributed by atoms with van der Waals surface area (Å²) in [5, 5.41) is 11.6. The SMILES string of the molecule is O=C(OP(P(P)P(P)P)P(P(P)P)P(P)P)C1CCc2c([N+](=O)[O-])cc(OS(=O)(=O)C(F)(F)F)c(=O)n21. The molecule has 0 radical (unpaired) electrons. The molecule has 0 saturated carbocycles. The van der Waals surface area contributed by atoms with E-state index < -0.39 is 92.0 Å². The Labute approximate surface area is 232 Å². The van der Waals surface area contributed by atoms with E-state index in [1.165, 1.54) is 0 Å². The quantitative estimate of drug-likeness (QED) is 0.0768. The zero-order valence-electron chi connectivity index (χ0n) is 18.0. The third-order valence-electron chi connectivity index (χ3n) is 4.35. The number of carbonyl (C=O) groups excluding carboxylic acids is 1. The van der Waals surface area contributed by atoms with Crippen molar-refractivity contribution in [3.05, 3.63) is 32.2 Å². The fourth-order valence-electron chi connectivity index (χ4n) is 2.91. The third kappa shape index (κ3) is 8.75. The number of alkyl halides is 3. The molecule has 0 amide bonds. The van der Waals surface area contributed by atoms with Crippen LogP contribution in [0.2, 0.25) is 0 Å². The molecule has 0 N–H and O–H groups in total. The van der Waals surface area contributed by atoms with Gasteiger partial charge in [-0.05, 0) is 33.8 Å². The molecule has 1 aromatic heterocycles. The second kappa shape index (κ2) is 14.6. The van der Waals surface area contributed by atoms with Gasteiger partial charge in [0.1, 0.15) is 11.7 Å². The third-order valence-corrected chi connectivity index (χ3v) is 75.9. The van der Waals surface area contributed by atoms with Crippen molar-refractivity contribution in [2.45, 2.75) is 24.4 Å². The fourth-order valence-corrected chi connectivity index (χ4v) is 98.5. The number of nitrogens with zero attached hydrogens (tertiary/aromatic N) is 2. The van der Waals surface area contributed by atoms with Gasteiger partial charge in [0, 0.05) is 14.0 Å². The molecule has 37 heavy (non-hydrogen) atoms. The summed E-state index contributed by atoms with van der Waals surface area (Å²) in [5.74, 6) is -2.29. The van der Waals surface area contributed by atoms with Crippen LogP contribution in [0.25, 0.3) is 0 Å². The van der Waals surface area contributed by atoms with E-state index in [1.807, 2.05) is 0 Å². The highest BCUT2D eigenvalue weighted by molar-refractivity contribution is 9.19. The van der Waals surface area contributed by atoms with Crippen molar-refractivity contribution in [3.8, 4) is 5.75 Å². The molecule has 10 atom stereocenters. The Balaban J connectivity index is 2.60. The highest BCUT2D eigenvalue weighted by Crippen LogP contribution is 3.17. The predicted molar refractivity (Wildman–Crippen MR) is 176 cm³/mol. The van der Waals surface area contributed by atoms with Crippen LogP contribution < -0.4 is 9.74 Å². The first-order valence-corrected chi connectivity index (χ1v) is 33.2. The van der Waals surface area contributed by atoms with Crippen LogP contribution in [-0.2, 0) is 25.9 Å². The summed E-state index contributed by atoms with van der Waals surface area (Å²) in [6.07, 6.45) is -0.219. The number of pyridine rings is 1. The molecule has 2 heterocycles. The lowest BCUT2D eigenvalue weighted by atomic mass is 10.2. The second-order valence-corrected chi connectivity index (χ2v) is 57.0. The maximum atomic E-state index is 13.4. The van der Waals surface area contributed by atoms with E-state index in [1.54, 1.807) is 0 Å². The maximum Gasteiger partial charge on any atom is 0.534 e. The minimum Gasteiger partial charge on any atom is -0.433 e. The summed E-state index contributed by atoms with van der Waals surface area (Å²) in [6, 6.07) is -1.06. The lowest BCUT2D eigenvalue weighted by Gasteiger charge is -2.36. The summed E-state index contributed by atoms with van der Waals surface area (Å²) in [5.41, 5.74) is -8.36. The van der Waals surface area contributed by atoms with Gasteiger partial charge in [0.05, 0.1) is 11.0 Å². The monoisotopic (exact) mass is 788 g/mol. The van der Waals surface area contributed by atoms with Gasteiger partial charge in [-0.2, -0.15) is 21.6 Å². The summed E-state index contributed by atoms with van der Waals surface area (Å²) in [7, 11) is 11.5. The molecule has 210 valence electrons. The standard InChI is InChI=1S/C10H20F3N2O8P13S/c11-10(12,13)37(20,21)23-7-3-6(15(18)19)4-1-2-5(14(4)8(7)16)9(17)22-31(35(30)32(24)25)36(33(26)27)34(28)29/h3,5H,1-2,24-30H2. The highest BCUT2D eigenvalue weighted by Gasteiger charge is 2.50. The van der Waals surface area contributed by atoms with Crippen LogP contribution in [0.4, 0.5) is 18.9 Å². The molecule has 10 unspecified atom stereocenters. The number of rotatable bonds is 10. The Morgan fingerprint density at radius 3 is 2.08 bits per heavy atom. The molecule has 0 aliphatic carbocycles. The van der Waals surface area contributed by atoms with Gasteiger partial charge in [0.25, 0.3) is 11.2 Å². The summed E-state index contributed by atoms with van der Waals surface area (Å²) in [6.45, 7) is -3.69. The lowest BCUT2D eigenvalue weighted by molar-refractivity contribution is -0.386. The van der Waals surface area contributed by atoms with Crippen LogP contribution in [0.5, 0.6) is 5.75 Å². The van der Waals surface area contributed by atoms with E-state index in [2.05, 4.69) is 66.7 Å². The van der Waals surface area contributed by atoms with Crippen molar-refractivity contribution < 1.29 is 40.0 Å². The zero-order valence-corrected chi connectivity index (χ0v) is 32.3. The van der Waals surface area contributed by atoms with Gasteiger partial charge in [-0.25, -0.2) is 4.79 Å². The Kier molecular flexibility index (Phi) is 14.3. The Morgan fingerprint density at radius 1 is 1.11 bits per heavy atom. The van der Waals surface area contributed by atoms with E-state index in [-0.39, 0.29) is 18.5 Å². The number of carbonyl (C=O) groups is 1. The number of fused-ring (bicyclic) bond motifs is 1. The first-order chi connectivity index (χ1) is 16.8. The molecule has 27 heteroatoms. The molecule has 0 saturated heterocycles. The molecular weight excluding hydrogens is 768 g/mol. The van der Waals surface area contributed by atoms with Gasteiger partial charge in [-0.3, -0.25) is 19.5 Å². The van der Waals surface area contributed by atoms with Gasteiger partial charge in [0.15, 0.2) is 7.53 Å². The Bertz CT molecular complexity index is 1210. The van der Waals surface area contributed by atoms with Crippen LogP contribution >= 0.6 is 105 Å². The molecule has 0 bridgehead atoms. The van der Waals surface area contributed by atoms with Crippen molar-refractivity contribution in [1.29, 1.82) is 0 Å². The summed E-state index contributed by atoms with van der Waals surface area (Å²) < 4.78 is 72.1. The molecule has 0 aromatic carbocycles. The topological polar surface area (TPSA) is 135 Å². The smallest absolute Gasteiger partial charge is 0.433 e. The molecule has 1 aliphatic rings. The Hall–Kier alpha value is 2.95. The van der Waals surface area contributed by atoms with Gasteiger partial charge in [-0.1, -0.05) is 8.93 Å². The molecule has 0 spiro atoms. The van der Waals surface area contributed by atoms with Gasteiger partial charge < -0.3 is 8.71 Å². The predicted octanol–water partition coefficient (Wildman–Crippen LogP) is 7.93. The summed E-state index contributed by atoms with van der Waals surface area (Å²) in [4.78, 5) is 37.0. The Morgan fingerprint density at radius 2 is 1.65 bits per heavy atom. The number of nitro groups is 1. The van der Waals surface area contributed by atoms with Gasteiger partial charge >= 0.3 is 21.6 Å². The number of hydrogen-bond acceptors (Lipinski definition) is 8. The van der Waals surface area contributed by atoms with E-state index >= 15 is 0 Å². The van der Waals surface area contributed by atoms with Crippen LogP contribution in [0, 0.1) is 10.1 Å². The highest BCUT2D eigenvalue weighted by atomic mass is 33.2. The largest absolute Gasteiger partial charge is 0.534 e. The molecule has 10 nitrogen and oxygen atoms in total. The van der Waals surface area contributed by atoms with Crippen molar-refractivity contribution in [1.82, 2.24) is 4.57 Å². The minimum atomic E-state index is -6.29. The van der Waals surface area contributed by atoms with Crippen LogP contribution in [0.1, 0.15) is 18.2 Å². The lowest BCUT2D eigenvalue weighted by Crippen LogP contribution is -2.34. The molecule has 0 fully saturated rings. The van der Waals surface area contributed by atoms with Crippen LogP contribution in [0.3, 0.4) is 0 Å². The molecular formula is C10H20F3N2O8P13S. The van der Waals surface area contributed by atoms with E-state index in [0.29, 0.717) is 10.6 Å².